The van der Waals surface area contributed by atoms with Crippen molar-refractivity contribution in [2.75, 3.05) is 37.2 Å². The Kier molecular flexibility index (Phi) is 4.00. The molecule has 0 saturated carbocycles. The predicted molar refractivity (Wildman–Crippen MR) is 67.9 cm³/mol. The van der Waals surface area contributed by atoms with Crippen LogP contribution in [0.4, 0.5) is 5.82 Å². The Bertz CT molecular complexity index is 548. The third-order valence-electron chi connectivity index (χ3n) is 2.57. The van der Waals surface area contributed by atoms with Crippen LogP contribution in [0.3, 0.4) is 0 Å². The van der Waals surface area contributed by atoms with Crippen LogP contribution in [0, 0.1) is 0 Å². The van der Waals surface area contributed by atoms with Crippen molar-refractivity contribution >= 4 is 21.7 Å². The highest BCUT2D eigenvalue weighted by Crippen LogP contribution is 2.02. The predicted octanol–water partition coefficient (Wildman–Crippen LogP) is -1.92. The SMILES string of the molecule is CS(=O)(=O)Nc1cnn(CC(=O)N2CCNCC2)n1. The molecule has 10 heteroatoms. The summed E-state index contributed by atoms with van der Waals surface area (Å²) in [6, 6.07) is 0. The standard InChI is InChI=1S/C9H16N6O3S/c1-19(17,18)13-8-6-11-15(12-8)7-9(16)14-4-2-10-3-5-14/h6,10H,2-5,7H2,1H3,(H,12,13). The van der Waals surface area contributed by atoms with E-state index in [4.69, 9.17) is 0 Å². The molecular weight excluding hydrogens is 272 g/mol. The van der Waals surface area contributed by atoms with Crippen LogP contribution in [0.5, 0.6) is 0 Å². The summed E-state index contributed by atoms with van der Waals surface area (Å²) in [7, 11) is -3.38. The van der Waals surface area contributed by atoms with Crippen molar-refractivity contribution in [3.63, 3.8) is 0 Å². The van der Waals surface area contributed by atoms with Crippen LogP contribution in [-0.2, 0) is 21.4 Å². The lowest BCUT2D eigenvalue weighted by Gasteiger charge is -2.27. The maximum absolute atomic E-state index is 11.9. The van der Waals surface area contributed by atoms with Gasteiger partial charge in [0.2, 0.25) is 15.9 Å². The van der Waals surface area contributed by atoms with Gasteiger partial charge in [0, 0.05) is 26.2 Å². The van der Waals surface area contributed by atoms with Crippen molar-refractivity contribution in [3.05, 3.63) is 6.20 Å². The average Bonchev–Trinajstić information content (AvgIpc) is 2.75. The fourth-order valence-corrected chi connectivity index (χ4v) is 2.22. The van der Waals surface area contributed by atoms with Crippen LogP contribution in [0.15, 0.2) is 6.20 Å². The number of anilines is 1. The van der Waals surface area contributed by atoms with Crippen LogP contribution in [0.2, 0.25) is 0 Å². The van der Waals surface area contributed by atoms with Gasteiger partial charge in [0.05, 0.1) is 12.5 Å². The molecule has 106 valence electrons. The third kappa shape index (κ3) is 4.17. The topological polar surface area (TPSA) is 109 Å². The summed E-state index contributed by atoms with van der Waals surface area (Å²) < 4.78 is 24.2. The van der Waals surface area contributed by atoms with Crippen LogP contribution in [0.25, 0.3) is 0 Å². The normalized spacial score (nSPS) is 16.4. The molecule has 0 aliphatic carbocycles. The minimum atomic E-state index is -3.38. The van der Waals surface area contributed by atoms with Crippen molar-refractivity contribution in [2.24, 2.45) is 0 Å². The van der Waals surface area contributed by atoms with E-state index in [0.29, 0.717) is 13.1 Å². The Labute approximate surface area is 111 Å². The Morgan fingerprint density at radius 2 is 2.16 bits per heavy atom. The minimum Gasteiger partial charge on any atom is -0.338 e. The number of piperazine rings is 1. The summed E-state index contributed by atoms with van der Waals surface area (Å²) in [5, 5.41) is 10.9. The van der Waals surface area contributed by atoms with E-state index in [-0.39, 0.29) is 18.3 Å². The van der Waals surface area contributed by atoms with Crippen molar-refractivity contribution in [1.82, 2.24) is 25.2 Å². The number of sulfonamides is 1. The fourth-order valence-electron chi connectivity index (χ4n) is 1.75. The van der Waals surface area contributed by atoms with Gasteiger partial charge in [0.25, 0.3) is 0 Å². The first-order chi connectivity index (χ1) is 8.94. The summed E-state index contributed by atoms with van der Waals surface area (Å²) in [5.41, 5.74) is 0. The number of amides is 1. The molecule has 9 nitrogen and oxygen atoms in total. The second kappa shape index (κ2) is 5.53. The molecule has 1 amide bonds. The first-order valence-corrected chi connectivity index (χ1v) is 7.69. The molecule has 1 aromatic rings. The molecule has 0 unspecified atom stereocenters. The highest BCUT2D eigenvalue weighted by molar-refractivity contribution is 7.92. The quantitative estimate of drug-likeness (QED) is 0.668. The number of nitrogens with zero attached hydrogens (tertiary/aromatic N) is 4. The van der Waals surface area contributed by atoms with Crippen LogP contribution in [-0.4, -0.2) is 66.7 Å². The molecular formula is C9H16N6O3S. The highest BCUT2D eigenvalue weighted by atomic mass is 32.2. The smallest absolute Gasteiger partial charge is 0.246 e. The first kappa shape index (κ1) is 13.7. The first-order valence-electron chi connectivity index (χ1n) is 5.80. The van der Waals surface area contributed by atoms with Gasteiger partial charge in [-0.1, -0.05) is 0 Å². The van der Waals surface area contributed by atoms with Gasteiger partial charge in [-0.25, -0.2) is 8.42 Å². The van der Waals surface area contributed by atoms with E-state index in [1.54, 1.807) is 4.90 Å². The molecule has 19 heavy (non-hydrogen) atoms. The molecule has 1 fully saturated rings. The van der Waals surface area contributed by atoms with E-state index in [2.05, 4.69) is 20.2 Å². The number of aromatic nitrogens is 3. The fraction of sp³-hybridized carbons (Fsp3) is 0.667. The second-order valence-corrected chi connectivity index (χ2v) is 6.01. The number of carbonyl (C=O) groups excluding carboxylic acids is 1. The third-order valence-corrected chi connectivity index (χ3v) is 3.15. The summed E-state index contributed by atoms with van der Waals surface area (Å²) in [5.74, 6) is 0.0265. The van der Waals surface area contributed by atoms with Crippen LogP contribution in [0.1, 0.15) is 0 Å². The number of hydrogen-bond acceptors (Lipinski definition) is 6. The highest BCUT2D eigenvalue weighted by Gasteiger charge is 2.17. The minimum absolute atomic E-state index is 0.00540. The van der Waals surface area contributed by atoms with Crippen molar-refractivity contribution in [2.45, 2.75) is 6.54 Å². The number of hydrogen-bond donors (Lipinski definition) is 2. The van der Waals surface area contributed by atoms with E-state index >= 15 is 0 Å². The molecule has 0 bridgehead atoms. The van der Waals surface area contributed by atoms with Crippen molar-refractivity contribution < 1.29 is 13.2 Å². The molecule has 2 N–H and O–H groups in total. The van der Waals surface area contributed by atoms with Gasteiger partial charge in [0.15, 0.2) is 5.82 Å². The van der Waals surface area contributed by atoms with Gasteiger partial charge in [-0.3, -0.25) is 9.52 Å². The Morgan fingerprint density at radius 3 is 2.79 bits per heavy atom. The van der Waals surface area contributed by atoms with Crippen molar-refractivity contribution in [1.29, 1.82) is 0 Å². The lowest BCUT2D eigenvalue weighted by molar-refractivity contribution is -0.132. The molecule has 0 aromatic carbocycles. The average molecular weight is 288 g/mol. The zero-order valence-electron chi connectivity index (χ0n) is 10.5. The van der Waals surface area contributed by atoms with Gasteiger partial charge in [-0.05, 0) is 0 Å². The van der Waals surface area contributed by atoms with Gasteiger partial charge in [-0.15, -0.1) is 5.10 Å². The van der Waals surface area contributed by atoms with Gasteiger partial charge in [-0.2, -0.15) is 9.90 Å². The molecule has 0 radical (unpaired) electrons. The van der Waals surface area contributed by atoms with Crippen LogP contribution < -0.4 is 10.0 Å². The van der Waals surface area contributed by atoms with Gasteiger partial charge >= 0.3 is 0 Å². The lowest BCUT2D eigenvalue weighted by Crippen LogP contribution is -2.47. The van der Waals surface area contributed by atoms with E-state index in [9.17, 15) is 13.2 Å². The van der Waals surface area contributed by atoms with E-state index in [1.165, 1.54) is 11.0 Å². The molecule has 1 saturated heterocycles. The lowest BCUT2D eigenvalue weighted by atomic mass is 10.3. The second-order valence-electron chi connectivity index (χ2n) is 4.27. The molecule has 0 spiro atoms. The molecule has 2 rings (SSSR count). The monoisotopic (exact) mass is 288 g/mol. The van der Waals surface area contributed by atoms with E-state index < -0.39 is 10.0 Å². The summed E-state index contributed by atoms with van der Waals surface area (Å²) >= 11 is 0. The van der Waals surface area contributed by atoms with Gasteiger partial charge < -0.3 is 10.2 Å². The Morgan fingerprint density at radius 1 is 1.47 bits per heavy atom. The van der Waals surface area contributed by atoms with E-state index in [1.807, 2.05) is 0 Å². The van der Waals surface area contributed by atoms with Crippen LogP contribution >= 0.6 is 0 Å². The van der Waals surface area contributed by atoms with Gasteiger partial charge in [0.1, 0.15) is 6.54 Å². The summed E-state index contributed by atoms with van der Waals surface area (Å²) in [6.07, 6.45) is 2.30. The van der Waals surface area contributed by atoms with E-state index in [0.717, 1.165) is 19.3 Å². The Balaban J connectivity index is 1.94. The largest absolute Gasteiger partial charge is 0.338 e. The summed E-state index contributed by atoms with van der Waals surface area (Å²) in [6.45, 7) is 2.88. The molecule has 1 aliphatic heterocycles. The number of carbonyl (C=O) groups is 1. The number of nitrogens with one attached hydrogen (secondary N) is 2. The summed E-state index contributed by atoms with van der Waals surface area (Å²) in [4.78, 5) is 14.8. The maximum atomic E-state index is 11.9. The Hall–Kier alpha value is -1.68. The molecule has 1 aliphatic rings. The number of rotatable bonds is 4. The molecule has 0 atom stereocenters. The zero-order valence-corrected chi connectivity index (χ0v) is 11.4. The molecule has 2 heterocycles. The maximum Gasteiger partial charge on any atom is 0.246 e. The zero-order chi connectivity index (χ0) is 13.9. The molecule has 1 aromatic heterocycles. The van der Waals surface area contributed by atoms with Crippen molar-refractivity contribution in [3.8, 4) is 0 Å².